The smallest absolute Gasteiger partial charge is 0.0937 e. The van der Waals surface area contributed by atoms with Crippen molar-refractivity contribution < 1.29 is 10.2 Å². The fourth-order valence-corrected chi connectivity index (χ4v) is 1.64. The Morgan fingerprint density at radius 1 is 1.42 bits per heavy atom. The number of halogens is 2. The fraction of sp³-hybridized carbons (Fsp3) is 1.00. The van der Waals surface area contributed by atoms with Crippen molar-refractivity contribution in [3.8, 4) is 0 Å². The van der Waals surface area contributed by atoms with Gasteiger partial charge in [0.2, 0.25) is 0 Å². The van der Waals surface area contributed by atoms with Gasteiger partial charge in [-0.1, -0.05) is 0 Å². The lowest BCUT2D eigenvalue weighted by Gasteiger charge is -2.28. The van der Waals surface area contributed by atoms with Crippen molar-refractivity contribution in [1.82, 2.24) is 4.90 Å². The average Bonchev–Trinajstić information content (AvgIpc) is 2.06. The van der Waals surface area contributed by atoms with Crippen molar-refractivity contribution in [3.05, 3.63) is 0 Å². The second-order valence-corrected chi connectivity index (χ2v) is 3.33. The Labute approximate surface area is 82.9 Å². The molecule has 0 aliphatic carbocycles. The molecule has 0 amide bonds. The fourth-order valence-electron chi connectivity index (χ4n) is 0.935. The van der Waals surface area contributed by atoms with Gasteiger partial charge in [-0.15, -0.1) is 23.2 Å². The Hall–Kier alpha value is 0.460. The zero-order valence-corrected chi connectivity index (χ0v) is 8.59. The lowest BCUT2D eigenvalue weighted by molar-refractivity contribution is 0.0310. The monoisotopic (exact) mass is 215 g/mol. The summed E-state index contributed by atoms with van der Waals surface area (Å²) in [4.78, 5) is 1.83. The summed E-state index contributed by atoms with van der Waals surface area (Å²) >= 11 is 11.1. The molecule has 0 aromatic heterocycles. The molecule has 0 radical (unpaired) electrons. The molecular weight excluding hydrogens is 201 g/mol. The maximum absolute atomic E-state index is 9.30. The second-order valence-electron chi connectivity index (χ2n) is 2.64. The minimum absolute atomic E-state index is 0.226. The Morgan fingerprint density at radius 3 is 2.33 bits per heavy atom. The molecule has 2 unspecified atom stereocenters. The van der Waals surface area contributed by atoms with E-state index in [2.05, 4.69) is 0 Å². The van der Waals surface area contributed by atoms with Crippen LogP contribution in [0, 0.1) is 0 Å². The van der Waals surface area contributed by atoms with Crippen LogP contribution < -0.4 is 0 Å². The zero-order valence-electron chi connectivity index (χ0n) is 7.08. The van der Waals surface area contributed by atoms with Crippen molar-refractivity contribution in [2.24, 2.45) is 0 Å². The first kappa shape index (κ1) is 12.5. The topological polar surface area (TPSA) is 43.7 Å². The van der Waals surface area contributed by atoms with Gasteiger partial charge in [-0.2, -0.15) is 0 Å². The van der Waals surface area contributed by atoms with E-state index in [1.54, 1.807) is 0 Å². The van der Waals surface area contributed by atoms with E-state index in [1.165, 1.54) is 0 Å². The molecular formula is C7H15Cl2NO2. The molecule has 5 heteroatoms. The molecule has 0 aromatic carbocycles. The molecule has 0 heterocycles. The van der Waals surface area contributed by atoms with E-state index in [1.807, 2.05) is 11.9 Å². The molecule has 0 saturated heterocycles. The predicted molar refractivity (Wildman–Crippen MR) is 51.0 cm³/mol. The molecule has 0 fully saturated rings. The van der Waals surface area contributed by atoms with E-state index in [-0.39, 0.29) is 18.5 Å². The largest absolute Gasteiger partial charge is 0.394 e. The van der Waals surface area contributed by atoms with Crippen LogP contribution in [-0.4, -0.2) is 59.2 Å². The normalized spacial score (nSPS) is 16.5. The summed E-state index contributed by atoms with van der Waals surface area (Å²) in [5.41, 5.74) is 0. The van der Waals surface area contributed by atoms with E-state index < -0.39 is 6.10 Å². The third kappa shape index (κ3) is 3.92. The SMILES string of the molecule is CN(CCCl)C(CCl)C(O)CO. The maximum Gasteiger partial charge on any atom is 0.0937 e. The molecule has 0 rings (SSSR count). The van der Waals surface area contributed by atoms with Crippen molar-refractivity contribution in [3.63, 3.8) is 0 Å². The highest BCUT2D eigenvalue weighted by atomic mass is 35.5. The molecule has 0 aliphatic heterocycles. The van der Waals surface area contributed by atoms with Crippen LogP contribution >= 0.6 is 23.2 Å². The molecule has 3 nitrogen and oxygen atoms in total. The number of alkyl halides is 2. The van der Waals surface area contributed by atoms with Gasteiger partial charge in [-0.05, 0) is 7.05 Å². The van der Waals surface area contributed by atoms with Gasteiger partial charge in [0.05, 0.1) is 18.8 Å². The molecule has 0 bridgehead atoms. The number of aliphatic hydroxyl groups is 2. The van der Waals surface area contributed by atoms with Gasteiger partial charge >= 0.3 is 0 Å². The van der Waals surface area contributed by atoms with E-state index in [9.17, 15) is 5.11 Å². The van der Waals surface area contributed by atoms with Gasteiger partial charge in [0.15, 0.2) is 0 Å². The summed E-state index contributed by atoms with van der Waals surface area (Å²) in [5, 5.41) is 18.0. The van der Waals surface area contributed by atoms with Crippen LogP contribution in [0.15, 0.2) is 0 Å². The summed E-state index contributed by atoms with van der Waals surface area (Å²) in [6, 6.07) is -0.226. The number of rotatable bonds is 6. The number of hydrogen-bond acceptors (Lipinski definition) is 3. The van der Waals surface area contributed by atoms with Crippen molar-refractivity contribution >= 4 is 23.2 Å². The van der Waals surface area contributed by atoms with Crippen LogP contribution in [0.2, 0.25) is 0 Å². The molecule has 2 atom stereocenters. The van der Waals surface area contributed by atoms with Crippen molar-refractivity contribution in [2.45, 2.75) is 12.1 Å². The Kier molecular flexibility index (Phi) is 7.19. The summed E-state index contributed by atoms with van der Waals surface area (Å²) in [6.45, 7) is 0.375. The lowest BCUT2D eigenvalue weighted by Crippen LogP contribution is -2.45. The van der Waals surface area contributed by atoms with Crippen LogP contribution in [0.5, 0.6) is 0 Å². The van der Waals surface area contributed by atoms with E-state index in [4.69, 9.17) is 28.3 Å². The van der Waals surface area contributed by atoms with Crippen molar-refractivity contribution in [1.29, 1.82) is 0 Å². The van der Waals surface area contributed by atoms with Gasteiger partial charge < -0.3 is 10.2 Å². The minimum Gasteiger partial charge on any atom is -0.394 e. The first-order valence-electron chi connectivity index (χ1n) is 3.78. The highest BCUT2D eigenvalue weighted by molar-refractivity contribution is 6.18. The Bertz CT molecular complexity index is 116. The molecule has 74 valence electrons. The number of likely N-dealkylation sites (N-methyl/N-ethyl adjacent to an activating group) is 1. The molecule has 12 heavy (non-hydrogen) atoms. The highest BCUT2D eigenvalue weighted by Gasteiger charge is 2.21. The van der Waals surface area contributed by atoms with Crippen LogP contribution in [0.25, 0.3) is 0 Å². The third-order valence-electron chi connectivity index (χ3n) is 1.79. The summed E-state index contributed by atoms with van der Waals surface area (Å²) in [6.07, 6.45) is -0.796. The lowest BCUT2D eigenvalue weighted by atomic mass is 10.2. The predicted octanol–water partition coefficient (Wildman–Crippen LogP) is 0.118. The molecule has 0 aliphatic rings. The second kappa shape index (κ2) is 6.92. The molecule has 0 spiro atoms. The Balaban J connectivity index is 3.94. The van der Waals surface area contributed by atoms with Gasteiger partial charge in [-0.25, -0.2) is 0 Å². The molecule has 2 N–H and O–H groups in total. The highest BCUT2D eigenvalue weighted by Crippen LogP contribution is 2.04. The first-order valence-corrected chi connectivity index (χ1v) is 4.85. The van der Waals surface area contributed by atoms with E-state index >= 15 is 0 Å². The number of hydrogen-bond donors (Lipinski definition) is 2. The van der Waals surface area contributed by atoms with Crippen LogP contribution in [0.4, 0.5) is 0 Å². The number of aliphatic hydroxyl groups excluding tert-OH is 2. The Morgan fingerprint density at radius 2 is 2.00 bits per heavy atom. The van der Waals surface area contributed by atoms with Crippen LogP contribution in [0.3, 0.4) is 0 Å². The van der Waals surface area contributed by atoms with Crippen LogP contribution in [0.1, 0.15) is 0 Å². The first-order chi connectivity index (χ1) is 5.67. The maximum atomic E-state index is 9.30. The van der Waals surface area contributed by atoms with Gasteiger partial charge in [0, 0.05) is 18.3 Å². The average molecular weight is 216 g/mol. The third-order valence-corrected chi connectivity index (χ3v) is 2.28. The number of nitrogens with zero attached hydrogens (tertiary/aromatic N) is 1. The molecule has 0 saturated carbocycles. The summed E-state index contributed by atoms with van der Waals surface area (Å²) in [7, 11) is 1.81. The van der Waals surface area contributed by atoms with Crippen molar-refractivity contribution in [2.75, 3.05) is 32.0 Å². The van der Waals surface area contributed by atoms with E-state index in [0.717, 1.165) is 0 Å². The van der Waals surface area contributed by atoms with E-state index in [0.29, 0.717) is 12.4 Å². The molecule has 0 aromatic rings. The van der Waals surface area contributed by atoms with Gasteiger partial charge in [-0.3, -0.25) is 4.90 Å². The van der Waals surface area contributed by atoms with Gasteiger partial charge in [0.1, 0.15) is 0 Å². The summed E-state index contributed by atoms with van der Waals surface area (Å²) in [5.74, 6) is 0.775. The minimum atomic E-state index is -0.796. The zero-order chi connectivity index (χ0) is 9.56. The quantitative estimate of drug-likeness (QED) is 0.619. The van der Waals surface area contributed by atoms with Gasteiger partial charge in [0.25, 0.3) is 0 Å². The van der Waals surface area contributed by atoms with Crippen LogP contribution in [-0.2, 0) is 0 Å². The standard InChI is InChI=1S/C7H15Cl2NO2/c1-10(3-2-8)6(4-9)7(12)5-11/h6-7,11-12H,2-5H2,1H3. The summed E-state index contributed by atoms with van der Waals surface area (Å²) < 4.78 is 0.